The molecule has 1 aromatic heterocycles. The number of nitrogens with one attached hydrogen (secondary N) is 1. The van der Waals surface area contributed by atoms with Gasteiger partial charge in [0.25, 0.3) is 11.5 Å². The highest BCUT2D eigenvalue weighted by atomic mass is 19.4. The van der Waals surface area contributed by atoms with Crippen LogP contribution in [0.5, 0.6) is 11.5 Å². The van der Waals surface area contributed by atoms with Crippen molar-refractivity contribution in [2.75, 3.05) is 18.6 Å². The molecular weight excluding hydrogens is 527 g/mol. The maximum atomic E-state index is 13.8. The average Bonchev–Trinajstić information content (AvgIpc) is 3.69. The maximum Gasteiger partial charge on any atom is 0.573 e. The normalized spacial score (nSPS) is 19.0. The average molecular weight is 556 g/mol. The van der Waals surface area contributed by atoms with E-state index in [-0.39, 0.29) is 23.4 Å². The zero-order chi connectivity index (χ0) is 28.6. The van der Waals surface area contributed by atoms with Crippen molar-refractivity contribution in [3.63, 3.8) is 0 Å². The van der Waals surface area contributed by atoms with Gasteiger partial charge in [-0.1, -0.05) is 12.1 Å². The van der Waals surface area contributed by atoms with Crippen molar-refractivity contribution in [2.45, 2.75) is 44.6 Å². The number of rotatable bonds is 8. The molecule has 0 bridgehead atoms. The Morgan fingerprint density at radius 1 is 1.00 bits per heavy atom. The lowest BCUT2D eigenvalue weighted by molar-refractivity contribution is -0.274. The minimum atomic E-state index is -4.86. The number of nitrogens with zero attached hydrogens (tertiary/aromatic N) is 2. The summed E-state index contributed by atoms with van der Waals surface area (Å²) in [6.45, 7) is 2.51. The van der Waals surface area contributed by atoms with Gasteiger partial charge in [-0.3, -0.25) is 14.4 Å². The molecule has 1 saturated carbocycles. The quantitative estimate of drug-likeness (QED) is 0.445. The maximum absolute atomic E-state index is 13.8. The highest BCUT2D eigenvalue weighted by Gasteiger charge is 2.44. The Hall–Kier alpha value is -4.28. The van der Waals surface area contributed by atoms with Gasteiger partial charge in [0.1, 0.15) is 23.2 Å². The molecule has 3 aromatic rings. The molecule has 5 rings (SSSR count). The number of carbonyl (C=O) groups excluding carboxylic acids is 2. The lowest BCUT2D eigenvalue weighted by Crippen LogP contribution is -2.44. The van der Waals surface area contributed by atoms with E-state index in [1.165, 1.54) is 24.1 Å². The standard InChI is InChI=1S/C29H28F3N3O5/c1-17-13-14-34(15-18-3-4-18)28(38)25(17)35-16-23(19-5-9-21(39-2)10-6-19)24(27(35)37)33-26(36)20-7-11-22(12-8-20)40-29(30,31)32/h5-14,18,23-24H,3-4,15-16H2,1-2H3,(H,33,36)/t23-,24-/m0/s1. The summed E-state index contributed by atoms with van der Waals surface area (Å²) >= 11 is 0. The van der Waals surface area contributed by atoms with Crippen LogP contribution in [0.1, 0.15) is 40.2 Å². The molecule has 8 nitrogen and oxygen atoms in total. The molecule has 2 amide bonds. The number of amides is 2. The summed E-state index contributed by atoms with van der Waals surface area (Å²) in [5.41, 5.74) is 1.46. The molecule has 2 aliphatic rings. The van der Waals surface area contributed by atoms with Crippen LogP contribution < -0.4 is 25.2 Å². The van der Waals surface area contributed by atoms with Crippen LogP contribution in [-0.4, -0.2) is 42.4 Å². The SMILES string of the molecule is COc1ccc([C@@H]2CN(c3c(C)ccn(CC4CC4)c3=O)C(=O)[C@H]2NC(=O)c2ccc(OC(F)(F)F)cc2)cc1. The monoisotopic (exact) mass is 555 g/mol. The van der Waals surface area contributed by atoms with Crippen molar-refractivity contribution in [1.82, 2.24) is 9.88 Å². The number of hydrogen-bond acceptors (Lipinski definition) is 5. The minimum Gasteiger partial charge on any atom is -0.497 e. The van der Waals surface area contributed by atoms with Crippen molar-refractivity contribution < 1.29 is 32.2 Å². The molecule has 210 valence electrons. The number of methoxy groups -OCH3 is 1. The zero-order valence-electron chi connectivity index (χ0n) is 21.9. The minimum absolute atomic E-state index is 0.0527. The number of aromatic nitrogens is 1. The molecule has 11 heteroatoms. The van der Waals surface area contributed by atoms with Crippen molar-refractivity contribution in [2.24, 2.45) is 5.92 Å². The number of pyridine rings is 1. The van der Waals surface area contributed by atoms with E-state index in [9.17, 15) is 27.6 Å². The van der Waals surface area contributed by atoms with Gasteiger partial charge in [-0.05, 0) is 79.3 Å². The van der Waals surface area contributed by atoms with Crippen molar-refractivity contribution >= 4 is 17.5 Å². The van der Waals surface area contributed by atoms with E-state index in [0.29, 0.717) is 23.8 Å². The number of alkyl halides is 3. The summed E-state index contributed by atoms with van der Waals surface area (Å²) in [4.78, 5) is 41.9. The second-order valence-electron chi connectivity index (χ2n) is 10.1. The first kappa shape index (κ1) is 27.3. The van der Waals surface area contributed by atoms with E-state index < -0.39 is 35.9 Å². The largest absolute Gasteiger partial charge is 0.573 e. The van der Waals surface area contributed by atoms with Crippen LogP contribution in [0.25, 0.3) is 0 Å². The number of benzene rings is 2. The number of aryl methyl sites for hydroxylation is 1. The Balaban J connectivity index is 1.45. The highest BCUT2D eigenvalue weighted by Crippen LogP contribution is 2.34. The molecule has 2 aromatic carbocycles. The first-order valence-corrected chi connectivity index (χ1v) is 12.9. The number of ether oxygens (including phenoxy) is 2. The van der Waals surface area contributed by atoms with E-state index >= 15 is 0 Å². The van der Waals surface area contributed by atoms with Crippen molar-refractivity contribution in [1.29, 1.82) is 0 Å². The summed E-state index contributed by atoms with van der Waals surface area (Å²) in [5.74, 6) is -0.997. The van der Waals surface area contributed by atoms with Crippen LogP contribution in [0, 0.1) is 12.8 Å². The second kappa shape index (κ2) is 10.7. The molecule has 1 aliphatic carbocycles. The first-order chi connectivity index (χ1) is 19.0. The number of anilines is 1. The van der Waals surface area contributed by atoms with Gasteiger partial charge in [0.15, 0.2) is 0 Å². The molecule has 0 radical (unpaired) electrons. The second-order valence-corrected chi connectivity index (χ2v) is 10.1. The number of carbonyl (C=O) groups is 2. The van der Waals surface area contributed by atoms with Crippen LogP contribution in [-0.2, 0) is 11.3 Å². The molecule has 2 atom stereocenters. The summed E-state index contributed by atoms with van der Waals surface area (Å²) < 4.78 is 48.3. The van der Waals surface area contributed by atoms with Crippen LogP contribution in [0.15, 0.2) is 65.6 Å². The summed E-state index contributed by atoms with van der Waals surface area (Å²) in [5, 5.41) is 2.75. The first-order valence-electron chi connectivity index (χ1n) is 12.9. The van der Waals surface area contributed by atoms with Gasteiger partial charge in [0.2, 0.25) is 5.91 Å². The Labute approximate surface area is 228 Å². The van der Waals surface area contributed by atoms with E-state index in [1.54, 1.807) is 42.0 Å². The number of halogens is 3. The molecule has 1 saturated heterocycles. The summed E-state index contributed by atoms with van der Waals surface area (Å²) in [7, 11) is 1.54. The number of hydrogen-bond donors (Lipinski definition) is 1. The van der Waals surface area contributed by atoms with Crippen molar-refractivity contribution in [3.05, 3.63) is 87.8 Å². The van der Waals surface area contributed by atoms with Gasteiger partial charge in [0.05, 0.1) is 7.11 Å². The Bertz CT molecular complexity index is 1460. The lowest BCUT2D eigenvalue weighted by atomic mass is 9.93. The third-order valence-corrected chi connectivity index (χ3v) is 7.26. The molecule has 40 heavy (non-hydrogen) atoms. The van der Waals surface area contributed by atoms with Crippen LogP contribution >= 0.6 is 0 Å². The Morgan fingerprint density at radius 3 is 2.25 bits per heavy atom. The fourth-order valence-corrected chi connectivity index (χ4v) is 4.98. The van der Waals surface area contributed by atoms with Gasteiger partial charge in [-0.2, -0.15) is 0 Å². The highest BCUT2D eigenvalue weighted by molar-refractivity contribution is 6.05. The zero-order valence-corrected chi connectivity index (χ0v) is 21.9. The van der Waals surface area contributed by atoms with Crippen LogP contribution in [0.2, 0.25) is 0 Å². The molecule has 0 unspecified atom stereocenters. The fraction of sp³-hybridized carbons (Fsp3) is 0.345. The van der Waals surface area contributed by atoms with Gasteiger partial charge in [-0.15, -0.1) is 13.2 Å². The molecule has 1 N–H and O–H groups in total. The van der Waals surface area contributed by atoms with E-state index in [1.807, 2.05) is 6.07 Å². The van der Waals surface area contributed by atoms with Crippen LogP contribution in [0.3, 0.4) is 0 Å². The van der Waals surface area contributed by atoms with Gasteiger partial charge < -0.3 is 24.3 Å². The third-order valence-electron chi connectivity index (χ3n) is 7.26. The third kappa shape index (κ3) is 5.83. The fourth-order valence-electron chi connectivity index (χ4n) is 4.98. The molecule has 0 spiro atoms. The van der Waals surface area contributed by atoms with Crippen LogP contribution in [0.4, 0.5) is 18.9 Å². The van der Waals surface area contributed by atoms with Gasteiger partial charge in [-0.25, -0.2) is 0 Å². The van der Waals surface area contributed by atoms with Crippen molar-refractivity contribution in [3.8, 4) is 11.5 Å². The molecule has 2 heterocycles. The summed E-state index contributed by atoms with van der Waals surface area (Å²) in [6, 6.07) is 12.3. The lowest BCUT2D eigenvalue weighted by Gasteiger charge is -2.20. The van der Waals surface area contributed by atoms with E-state index in [4.69, 9.17) is 4.74 Å². The predicted octanol–water partition coefficient (Wildman–Crippen LogP) is 4.40. The summed E-state index contributed by atoms with van der Waals surface area (Å²) in [6.07, 6.45) is -0.987. The molecule has 1 aliphatic heterocycles. The van der Waals surface area contributed by atoms with Gasteiger partial charge in [0, 0.05) is 30.8 Å². The van der Waals surface area contributed by atoms with E-state index in [2.05, 4.69) is 10.1 Å². The Kier molecular flexibility index (Phi) is 7.31. The Morgan fingerprint density at radius 2 is 1.65 bits per heavy atom. The van der Waals surface area contributed by atoms with E-state index in [0.717, 1.165) is 30.5 Å². The topological polar surface area (TPSA) is 89.9 Å². The smallest absolute Gasteiger partial charge is 0.497 e. The van der Waals surface area contributed by atoms with Gasteiger partial charge >= 0.3 is 6.36 Å². The molecule has 2 fully saturated rings. The predicted molar refractivity (Wildman–Crippen MR) is 141 cm³/mol. The molecular formula is C29H28F3N3O5.